The van der Waals surface area contributed by atoms with Crippen LogP contribution < -0.4 is 5.32 Å². The number of hydrogen-bond acceptors (Lipinski definition) is 5. The Morgan fingerprint density at radius 3 is 2.59 bits per heavy atom. The summed E-state index contributed by atoms with van der Waals surface area (Å²) >= 11 is 0. The SMILES string of the molecule is COC1CC(NCc2ccc(O)c(O)c2O)C1. The number of hydrogen-bond donors (Lipinski definition) is 4. The van der Waals surface area contributed by atoms with Crippen LogP contribution in [0.4, 0.5) is 0 Å². The van der Waals surface area contributed by atoms with E-state index in [9.17, 15) is 15.3 Å². The number of phenolic OH excluding ortho intramolecular Hbond substituents is 3. The van der Waals surface area contributed by atoms with Crippen LogP contribution in [0.5, 0.6) is 17.2 Å². The number of rotatable bonds is 4. The van der Waals surface area contributed by atoms with Crippen LogP contribution in [0.25, 0.3) is 0 Å². The third-order valence-corrected chi connectivity index (χ3v) is 3.22. The molecule has 1 aromatic carbocycles. The molecule has 1 aliphatic carbocycles. The van der Waals surface area contributed by atoms with Gasteiger partial charge in [-0.3, -0.25) is 0 Å². The van der Waals surface area contributed by atoms with E-state index in [2.05, 4.69) is 5.32 Å². The van der Waals surface area contributed by atoms with Gasteiger partial charge in [-0.25, -0.2) is 0 Å². The van der Waals surface area contributed by atoms with Gasteiger partial charge in [0.2, 0.25) is 5.75 Å². The largest absolute Gasteiger partial charge is 0.504 e. The fourth-order valence-corrected chi connectivity index (χ4v) is 1.93. The summed E-state index contributed by atoms with van der Waals surface area (Å²) in [5.74, 6) is -1.04. The van der Waals surface area contributed by atoms with Gasteiger partial charge in [-0.15, -0.1) is 0 Å². The van der Waals surface area contributed by atoms with Gasteiger partial charge in [0.1, 0.15) is 0 Å². The van der Waals surface area contributed by atoms with Gasteiger partial charge < -0.3 is 25.4 Å². The van der Waals surface area contributed by atoms with E-state index in [0.717, 1.165) is 12.8 Å². The van der Waals surface area contributed by atoms with Crippen molar-refractivity contribution in [2.45, 2.75) is 31.5 Å². The molecule has 0 heterocycles. The summed E-state index contributed by atoms with van der Waals surface area (Å²) in [6.45, 7) is 0.459. The molecule has 1 aromatic rings. The normalized spacial score (nSPS) is 23.4. The zero-order chi connectivity index (χ0) is 12.4. The van der Waals surface area contributed by atoms with Gasteiger partial charge in [-0.2, -0.15) is 0 Å². The Hall–Kier alpha value is -1.46. The number of ether oxygens (including phenoxy) is 1. The van der Waals surface area contributed by atoms with Crippen molar-refractivity contribution in [3.05, 3.63) is 17.7 Å². The Morgan fingerprint density at radius 1 is 1.24 bits per heavy atom. The molecule has 0 saturated heterocycles. The van der Waals surface area contributed by atoms with Crippen LogP contribution in [0.2, 0.25) is 0 Å². The lowest BCUT2D eigenvalue weighted by Gasteiger charge is -2.34. The van der Waals surface area contributed by atoms with Crippen LogP contribution >= 0.6 is 0 Å². The highest BCUT2D eigenvalue weighted by Crippen LogP contribution is 2.37. The second kappa shape index (κ2) is 4.81. The van der Waals surface area contributed by atoms with E-state index in [-0.39, 0.29) is 11.5 Å². The van der Waals surface area contributed by atoms with Crippen LogP contribution in [0, 0.1) is 0 Å². The summed E-state index contributed by atoms with van der Waals surface area (Å²) in [5, 5.41) is 31.4. The van der Waals surface area contributed by atoms with Crippen LogP contribution in [0.1, 0.15) is 18.4 Å². The summed E-state index contributed by atoms with van der Waals surface area (Å²) in [6.07, 6.45) is 2.25. The summed E-state index contributed by atoms with van der Waals surface area (Å²) < 4.78 is 5.16. The second-order valence-corrected chi connectivity index (χ2v) is 4.35. The fraction of sp³-hybridized carbons (Fsp3) is 0.500. The highest BCUT2D eigenvalue weighted by atomic mass is 16.5. The topological polar surface area (TPSA) is 82.0 Å². The number of aromatic hydroxyl groups is 3. The maximum Gasteiger partial charge on any atom is 0.200 e. The van der Waals surface area contributed by atoms with Gasteiger partial charge in [-0.1, -0.05) is 6.07 Å². The highest BCUT2D eigenvalue weighted by Gasteiger charge is 2.28. The van der Waals surface area contributed by atoms with E-state index in [1.165, 1.54) is 6.07 Å². The van der Waals surface area contributed by atoms with Gasteiger partial charge in [0, 0.05) is 25.3 Å². The molecule has 0 radical (unpaired) electrons. The average Bonchev–Trinajstić information content (AvgIpc) is 2.27. The number of nitrogens with one attached hydrogen (secondary N) is 1. The molecule has 5 heteroatoms. The van der Waals surface area contributed by atoms with E-state index in [4.69, 9.17) is 4.74 Å². The first-order valence-corrected chi connectivity index (χ1v) is 5.60. The first kappa shape index (κ1) is 12.0. The first-order valence-electron chi connectivity index (χ1n) is 5.60. The molecule has 0 amide bonds. The molecule has 0 aromatic heterocycles. The molecule has 2 rings (SSSR count). The Labute approximate surface area is 99.7 Å². The van der Waals surface area contributed by atoms with Crippen molar-refractivity contribution in [2.24, 2.45) is 0 Å². The van der Waals surface area contributed by atoms with Crippen molar-refractivity contribution in [1.29, 1.82) is 0 Å². The molecule has 94 valence electrons. The molecule has 1 saturated carbocycles. The number of benzene rings is 1. The predicted molar refractivity (Wildman–Crippen MR) is 62.1 cm³/mol. The predicted octanol–water partition coefficient (Wildman–Crippen LogP) is 1.07. The molecule has 0 spiro atoms. The van der Waals surface area contributed by atoms with Crippen molar-refractivity contribution < 1.29 is 20.1 Å². The van der Waals surface area contributed by atoms with Crippen molar-refractivity contribution in [1.82, 2.24) is 5.32 Å². The lowest BCUT2D eigenvalue weighted by atomic mass is 9.89. The zero-order valence-corrected chi connectivity index (χ0v) is 9.68. The van der Waals surface area contributed by atoms with E-state index < -0.39 is 5.75 Å². The van der Waals surface area contributed by atoms with E-state index >= 15 is 0 Å². The Bertz CT molecular complexity index is 402. The molecule has 4 N–H and O–H groups in total. The van der Waals surface area contributed by atoms with Gasteiger partial charge in [0.15, 0.2) is 11.5 Å². The van der Waals surface area contributed by atoms with Gasteiger partial charge >= 0.3 is 0 Å². The Kier molecular flexibility index (Phi) is 3.40. The lowest BCUT2D eigenvalue weighted by Crippen LogP contribution is -2.44. The Morgan fingerprint density at radius 2 is 1.94 bits per heavy atom. The maximum atomic E-state index is 9.61. The molecule has 17 heavy (non-hydrogen) atoms. The van der Waals surface area contributed by atoms with Crippen LogP contribution in [0.3, 0.4) is 0 Å². The molecular weight excluding hydrogens is 222 g/mol. The molecule has 0 unspecified atom stereocenters. The van der Waals surface area contributed by atoms with Crippen LogP contribution in [-0.4, -0.2) is 34.6 Å². The maximum absolute atomic E-state index is 9.61. The third-order valence-electron chi connectivity index (χ3n) is 3.22. The molecule has 0 atom stereocenters. The molecule has 0 aliphatic heterocycles. The Balaban J connectivity index is 1.90. The summed E-state index contributed by atoms with van der Waals surface area (Å²) in [5.41, 5.74) is 0.571. The monoisotopic (exact) mass is 239 g/mol. The minimum Gasteiger partial charge on any atom is -0.504 e. The smallest absolute Gasteiger partial charge is 0.200 e. The molecular formula is C12H17NO4. The van der Waals surface area contributed by atoms with E-state index in [1.54, 1.807) is 13.2 Å². The minimum absolute atomic E-state index is 0.264. The first-order chi connectivity index (χ1) is 8.11. The fourth-order valence-electron chi connectivity index (χ4n) is 1.93. The average molecular weight is 239 g/mol. The quantitative estimate of drug-likeness (QED) is 0.591. The van der Waals surface area contributed by atoms with Crippen LogP contribution in [-0.2, 0) is 11.3 Å². The highest BCUT2D eigenvalue weighted by molar-refractivity contribution is 5.53. The van der Waals surface area contributed by atoms with Crippen molar-refractivity contribution >= 4 is 0 Å². The van der Waals surface area contributed by atoms with Crippen molar-refractivity contribution in [3.63, 3.8) is 0 Å². The summed E-state index contributed by atoms with van der Waals surface area (Å²) in [7, 11) is 1.70. The molecule has 1 aliphatic rings. The van der Waals surface area contributed by atoms with Gasteiger partial charge in [0.25, 0.3) is 0 Å². The summed E-state index contributed by atoms with van der Waals surface area (Å²) in [4.78, 5) is 0. The van der Waals surface area contributed by atoms with E-state index in [1.807, 2.05) is 0 Å². The third kappa shape index (κ3) is 2.45. The van der Waals surface area contributed by atoms with Crippen molar-refractivity contribution in [2.75, 3.05) is 7.11 Å². The zero-order valence-electron chi connectivity index (χ0n) is 9.68. The minimum atomic E-state index is -0.465. The van der Waals surface area contributed by atoms with Gasteiger partial charge in [0.05, 0.1) is 6.10 Å². The lowest BCUT2D eigenvalue weighted by molar-refractivity contribution is 0.0169. The van der Waals surface area contributed by atoms with Gasteiger partial charge in [-0.05, 0) is 18.9 Å². The number of phenols is 3. The van der Waals surface area contributed by atoms with Crippen molar-refractivity contribution in [3.8, 4) is 17.2 Å². The molecule has 5 nitrogen and oxygen atoms in total. The molecule has 0 bridgehead atoms. The van der Waals surface area contributed by atoms with Crippen LogP contribution in [0.15, 0.2) is 12.1 Å². The van der Waals surface area contributed by atoms with E-state index in [0.29, 0.717) is 24.3 Å². The standard InChI is InChI=1S/C12H17NO4/c1-17-9-4-8(5-9)13-6-7-2-3-10(14)12(16)11(7)15/h2-3,8-9,13-16H,4-6H2,1H3. The molecule has 1 fully saturated rings. The second-order valence-electron chi connectivity index (χ2n) is 4.35. The summed E-state index contributed by atoms with van der Waals surface area (Å²) in [6, 6.07) is 3.34. The number of methoxy groups -OCH3 is 1.